The number of rotatable bonds is 4. The van der Waals surface area contributed by atoms with Gasteiger partial charge in [0.25, 0.3) is 5.56 Å². The van der Waals surface area contributed by atoms with E-state index >= 15 is 0 Å². The summed E-state index contributed by atoms with van der Waals surface area (Å²) in [5.74, 6) is -0.862. The van der Waals surface area contributed by atoms with Crippen LogP contribution in [-0.4, -0.2) is 30.2 Å². The van der Waals surface area contributed by atoms with Crippen LogP contribution in [0.2, 0.25) is 0 Å². The molecule has 0 aliphatic carbocycles. The lowest BCUT2D eigenvalue weighted by molar-refractivity contribution is -0.137. The SMILES string of the molecule is O=C(O)CCCn1ccc2c(cnc3ccnn32)c1=O. The van der Waals surface area contributed by atoms with Crippen LogP contribution in [0.4, 0.5) is 0 Å². The zero-order valence-corrected chi connectivity index (χ0v) is 10.6. The Labute approximate surface area is 113 Å². The summed E-state index contributed by atoms with van der Waals surface area (Å²) in [6.45, 7) is 0.373. The van der Waals surface area contributed by atoms with Crippen LogP contribution in [0.5, 0.6) is 0 Å². The summed E-state index contributed by atoms with van der Waals surface area (Å²) in [4.78, 5) is 27.0. The number of hydrogen-bond donors (Lipinski definition) is 1. The second-order valence-electron chi connectivity index (χ2n) is 4.47. The van der Waals surface area contributed by atoms with Gasteiger partial charge >= 0.3 is 5.97 Å². The monoisotopic (exact) mass is 272 g/mol. The molecule has 0 atom stereocenters. The van der Waals surface area contributed by atoms with E-state index in [0.717, 1.165) is 0 Å². The fraction of sp³-hybridized carbons (Fsp3) is 0.231. The first-order valence-electron chi connectivity index (χ1n) is 6.20. The molecule has 0 unspecified atom stereocenters. The molecule has 3 heterocycles. The minimum atomic E-state index is -0.862. The van der Waals surface area contributed by atoms with E-state index in [-0.39, 0.29) is 12.0 Å². The Morgan fingerprint density at radius 1 is 1.35 bits per heavy atom. The highest BCUT2D eigenvalue weighted by atomic mass is 16.4. The van der Waals surface area contributed by atoms with Crippen molar-refractivity contribution < 1.29 is 9.90 Å². The third kappa shape index (κ3) is 2.03. The lowest BCUT2D eigenvalue weighted by Gasteiger charge is -2.07. The highest BCUT2D eigenvalue weighted by molar-refractivity contribution is 5.78. The highest BCUT2D eigenvalue weighted by Gasteiger charge is 2.08. The Kier molecular flexibility index (Phi) is 2.94. The van der Waals surface area contributed by atoms with Crippen molar-refractivity contribution in [2.24, 2.45) is 0 Å². The van der Waals surface area contributed by atoms with E-state index < -0.39 is 5.97 Å². The molecule has 0 saturated heterocycles. The molecule has 0 aromatic carbocycles. The van der Waals surface area contributed by atoms with Gasteiger partial charge in [0.2, 0.25) is 0 Å². The molecule has 1 N–H and O–H groups in total. The van der Waals surface area contributed by atoms with E-state index in [2.05, 4.69) is 10.1 Å². The van der Waals surface area contributed by atoms with Gasteiger partial charge in [0, 0.05) is 31.4 Å². The van der Waals surface area contributed by atoms with Crippen LogP contribution in [0.15, 0.2) is 35.5 Å². The first-order chi connectivity index (χ1) is 9.66. The average Bonchev–Trinajstić information content (AvgIpc) is 2.89. The van der Waals surface area contributed by atoms with Crippen molar-refractivity contribution in [1.29, 1.82) is 0 Å². The van der Waals surface area contributed by atoms with Crippen LogP contribution >= 0.6 is 0 Å². The maximum absolute atomic E-state index is 12.3. The quantitative estimate of drug-likeness (QED) is 0.762. The Bertz CT molecular complexity index is 850. The number of carboxylic acid groups (broad SMARTS) is 1. The smallest absolute Gasteiger partial charge is 0.303 e. The van der Waals surface area contributed by atoms with Gasteiger partial charge in [-0.1, -0.05) is 0 Å². The number of carboxylic acids is 1. The molecule has 0 aliphatic heterocycles. The van der Waals surface area contributed by atoms with Crippen LogP contribution < -0.4 is 5.56 Å². The number of pyridine rings is 1. The predicted molar refractivity (Wildman–Crippen MR) is 71.6 cm³/mol. The summed E-state index contributed by atoms with van der Waals surface area (Å²) < 4.78 is 3.11. The molecule has 7 nitrogen and oxygen atoms in total. The predicted octanol–water partition coefficient (Wildman–Crippen LogP) is 0.909. The molecule has 0 spiro atoms. The Balaban J connectivity index is 2.04. The second kappa shape index (κ2) is 4.76. The molecule has 0 bridgehead atoms. The lowest BCUT2D eigenvalue weighted by atomic mass is 10.2. The van der Waals surface area contributed by atoms with Crippen molar-refractivity contribution in [3.63, 3.8) is 0 Å². The van der Waals surface area contributed by atoms with Gasteiger partial charge < -0.3 is 9.67 Å². The average molecular weight is 272 g/mol. The molecule has 0 aliphatic rings. The van der Waals surface area contributed by atoms with Gasteiger partial charge in [-0.15, -0.1) is 0 Å². The van der Waals surface area contributed by atoms with E-state index in [1.165, 1.54) is 10.8 Å². The Hall–Kier alpha value is -2.70. The molecule has 0 saturated carbocycles. The van der Waals surface area contributed by atoms with Crippen molar-refractivity contribution in [1.82, 2.24) is 19.2 Å². The first kappa shape index (κ1) is 12.3. The van der Waals surface area contributed by atoms with Crippen LogP contribution in [0.25, 0.3) is 16.6 Å². The van der Waals surface area contributed by atoms with Gasteiger partial charge in [-0.05, 0) is 12.5 Å². The number of fused-ring (bicyclic) bond motifs is 3. The molecule has 0 radical (unpaired) electrons. The number of carbonyl (C=O) groups is 1. The van der Waals surface area contributed by atoms with E-state index in [0.29, 0.717) is 29.5 Å². The number of nitrogens with zero attached hydrogens (tertiary/aromatic N) is 4. The Morgan fingerprint density at radius 2 is 2.20 bits per heavy atom. The highest BCUT2D eigenvalue weighted by Crippen LogP contribution is 2.10. The van der Waals surface area contributed by atoms with Crippen LogP contribution in [0, 0.1) is 0 Å². The van der Waals surface area contributed by atoms with Gasteiger partial charge in [-0.25, -0.2) is 9.50 Å². The van der Waals surface area contributed by atoms with Crippen molar-refractivity contribution in [2.45, 2.75) is 19.4 Å². The maximum atomic E-state index is 12.3. The van der Waals surface area contributed by atoms with Gasteiger partial charge in [0.05, 0.1) is 17.1 Å². The van der Waals surface area contributed by atoms with E-state index in [9.17, 15) is 9.59 Å². The zero-order chi connectivity index (χ0) is 14.1. The summed E-state index contributed by atoms with van der Waals surface area (Å²) in [5.41, 5.74) is 1.19. The maximum Gasteiger partial charge on any atom is 0.303 e. The van der Waals surface area contributed by atoms with Crippen LogP contribution in [0.3, 0.4) is 0 Å². The number of aliphatic carboxylic acids is 1. The molecular weight excluding hydrogens is 260 g/mol. The van der Waals surface area contributed by atoms with Crippen molar-refractivity contribution in [3.8, 4) is 0 Å². The summed E-state index contributed by atoms with van der Waals surface area (Å²) in [7, 11) is 0. The van der Waals surface area contributed by atoms with Crippen molar-refractivity contribution in [3.05, 3.63) is 41.1 Å². The van der Waals surface area contributed by atoms with Crippen LogP contribution in [0.1, 0.15) is 12.8 Å². The third-order valence-corrected chi connectivity index (χ3v) is 3.15. The van der Waals surface area contributed by atoms with Gasteiger partial charge in [0.15, 0.2) is 5.65 Å². The molecule has 0 fully saturated rings. The van der Waals surface area contributed by atoms with Crippen LogP contribution in [-0.2, 0) is 11.3 Å². The number of aromatic nitrogens is 4. The van der Waals surface area contributed by atoms with Crippen molar-refractivity contribution in [2.75, 3.05) is 0 Å². The van der Waals surface area contributed by atoms with Crippen molar-refractivity contribution >= 4 is 22.5 Å². The molecule has 3 aromatic rings. The van der Waals surface area contributed by atoms with E-state index in [1.54, 1.807) is 29.0 Å². The normalized spacial score (nSPS) is 11.2. The molecule has 3 rings (SSSR count). The van der Waals surface area contributed by atoms with Gasteiger partial charge in [0.1, 0.15) is 0 Å². The molecule has 7 heteroatoms. The number of aryl methyl sites for hydroxylation is 1. The molecule has 3 aromatic heterocycles. The minimum absolute atomic E-state index is 0.0426. The van der Waals surface area contributed by atoms with Gasteiger partial charge in [-0.3, -0.25) is 9.59 Å². The summed E-state index contributed by atoms with van der Waals surface area (Å²) >= 11 is 0. The molecular formula is C13H12N4O3. The second-order valence-corrected chi connectivity index (χ2v) is 4.47. The first-order valence-corrected chi connectivity index (χ1v) is 6.20. The Morgan fingerprint density at radius 3 is 3.00 bits per heavy atom. The topological polar surface area (TPSA) is 89.5 Å². The summed E-state index contributed by atoms with van der Waals surface area (Å²) in [6, 6.07) is 3.55. The molecule has 20 heavy (non-hydrogen) atoms. The standard InChI is InChI=1S/C13H12N4O3/c18-12(19)2-1-6-16-7-4-10-9(13(16)20)8-14-11-3-5-15-17(10)11/h3-5,7-8H,1-2,6H2,(H,18,19). The lowest BCUT2D eigenvalue weighted by Crippen LogP contribution is -2.21. The summed E-state index contributed by atoms with van der Waals surface area (Å²) in [5, 5.41) is 13.2. The number of hydrogen-bond acceptors (Lipinski definition) is 4. The fourth-order valence-electron chi connectivity index (χ4n) is 2.18. The van der Waals surface area contributed by atoms with Gasteiger partial charge in [-0.2, -0.15) is 5.10 Å². The minimum Gasteiger partial charge on any atom is -0.481 e. The largest absolute Gasteiger partial charge is 0.481 e. The zero-order valence-electron chi connectivity index (χ0n) is 10.6. The fourth-order valence-corrected chi connectivity index (χ4v) is 2.18. The van der Waals surface area contributed by atoms with E-state index in [1.807, 2.05) is 0 Å². The molecule has 102 valence electrons. The third-order valence-electron chi connectivity index (χ3n) is 3.15. The summed E-state index contributed by atoms with van der Waals surface area (Å²) in [6.07, 6.45) is 5.27. The van der Waals surface area contributed by atoms with E-state index in [4.69, 9.17) is 5.11 Å². The molecule has 0 amide bonds.